The van der Waals surface area contributed by atoms with Crippen LogP contribution in [0.3, 0.4) is 0 Å². The average Bonchev–Trinajstić information content (AvgIpc) is 2.54. The van der Waals surface area contributed by atoms with E-state index in [1.54, 1.807) is 0 Å². The van der Waals surface area contributed by atoms with Crippen molar-refractivity contribution in [3.63, 3.8) is 0 Å². The quantitative estimate of drug-likeness (QED) is 0.506. The van der Waals surface area contributed by atoms with Crippen molar-refractivity contribution in [3.05, 3.63) is 54.1 Å². The molecule has 0 aromatic heterocycles. The predicted octanol–water partition coefficient (Wildman–Crippen LogP) is -2.61. The molecule has 0 fully saturated rings. The second kappa shape index (κ2) is 8.22. The maximum absolute atomic E-state index is 2.20. The van der Waals surface area contributed by atoms with Crippen molar-refractivity contribution >= 4 is 0 Å². The standard InChI is InChI=1S/C12H11.2ClH.Zr/c1-10-7-8-12(9-10)11-5-3-2-4-6-11;;;/h2-9H,1H3;2*1H;/q-1;;;+3/p-2. The summed E-state index contributed by atoms with van der Waals surface area (Å²) in [6.45, 7) is 2.12. The van der Waals surface area contributed by atoms with E-state index in [1.165, 1.54) is 16.7 Å². The van der Waals surface area contributed by atoms with Crippen LogP contribution in [0.1, 0.15) is 5.56 Å². The summed E-state index contributed by atoms with van der Waals surface area (Å²) in [5.74, 6) is 0. The Bertz CT molecular complexity index is 368. The topological polar surface area (TPSA) is 0 Å². The Morgan fingerprint density at radius 1 is 1.00 bits per heavy atom. The number of halogens is 2. The second-order valence-electron chi connectivity index (χ2n) is 3.04. The van der Waals surface area contributed by atoms with Gasteiger partial charge in [0.2, 0.25) is 0 Å². The smallest absolute Gasteiger partial charge is 1.00 e. The van der Waals surface area contributed by atoms with Gasteiger partial charge < -0.3 is 24.8 Å². The second-order valence-corrected chi connectivity index (χ2v) is 3.04. The molecule has 0 unspecified atom stereocenters. The molecule has 0 heterocycles. The van der Waals surface area contributed by atoms with Crippen molar-refractivity contribution in [2.45, 2.75) is 6.92 Å². The molecule has 2 aromatic rings. The van der Waals surface area contributed by atoms with Crippen molar-refractivity contribution in [1.82, 2.24) is 0 Å². The molecule has 0 aliphatic heterocycles. The molecule has 15 heavy (non-hydrogen) atoms. The molecule has 2 rings (SSSR count). The fraction of sp³-hybridized carbons (Fsp3) is 0.0833. The van der Waals surface area contributed by atoms with E-state index in [2.05, 4.69) is 49.4 Å². The first kappa shape index (κ1) is 17.4. The first-order chi connectivity index (χ1) is 5.86. The molecule has 3 heteroatoms. The summed E-state index contributed by atoms with van der Waals surface area (Å²) in [7, 11) is 0. The van der Waals surface area contributed by atoms with Gasteiger partial charge in [-0.1, -0.05) is 37.3 Å². The van der Waals surface area contributed by atoms with Gasteiger partial charge >= 0.3 is 26.2 Å². The van der Waals surface area contributed by atoms with E-state index >= 15 is 0 Å². The minimum Gasteiger partial charge on any atom is -1.00 e. The molecule has 0 bridgehead atoms. The van der Waals surface area contributed by atoms with Gasteiger partial charge in [0.25, 0.3) is 0 Å². The van der Waals surface area contributed by atoms with Crippen molar-refractivity contribution < 1.29 is 51.0 Å². The van der Waals surface area contributed by atoms with Crippen LogP contribution >= 0.6 is 0 Å². The average molecular weight is 317 g/mol. The van der Waals surface area contributed by atoms with Gasteiger partial charge in [-0.05, 0) is 0 Å². The van der Waals surface area contributed by atoms with Gasteiger partial charge in [-0.3, -0.25) is 0 Å². The summed E-state index contributed by atoms with van der Waals surface area (Å²) < 4.78 is 0. The Morgan fingerprint density at radius 2 is 1.60 bits per heavy atom. The van der Waals surface area contributed by atoms with Crippen LogP contribution in [0.15, 0.2) is 48.5 Å². The zero-order chi connectivity index (χ0) is 8.39. The van der Waals surface area contributed by atoms with Gasteiger partial charge in [-0.15, -0.1) is 17.2 Å². The minimum absolute atomic E-state index is 0. The van der Waals surface area contributed by atoms with Crippen LogP contribution in [0, 0.1) is 6.92 Å². The van der Waals surface area contributed by atoms with Crippen molar-refractivity contribution in [2.75, 3.05) is 0 Å². The number of benzene rings is 1. The zero-order valence-corrected chi connectivity index (χ0v) is 12.3. The first-order valence-corrected chi connectivity index (χ1v) is 4.15. The van der Waals surface area contributed by atoms with Gasteiger partial charge in [-0.25, -0.2) is 0 Å². The van der Waals surface area contributed by atoms with Gasteiger partial charge in [-0.2, -0.15) is 17.7 Å². The maximum atomic E-state index is 2.20. The largest absolute Gasteiger partial charge is 3.00 e. The van der Waals surface area contributed by atoms with Crippen molar-refractivity contribution in [3.8, 4) is 11.1 Å². The predicted molar refractivity (Wildman–Crippen MR) is 52.2 cm³/mol. The molecule has 0 aliphatic carbocycles. The summed E-state index contributed by atoms with van der Waals surface area (Å²) in [6.07, 6.45) is 0. The summed E-state index contributed by atoms with van der Waals surface area (Å²) >= 11 is 0. The van der Waals surface area contributed by atoms with E-state index in [-0.39, 0.29) is 51.0 Å². The SMILES string of the molecule is Cc1c[cH-]c(-c2ccccc2)c1.[Cl-].[Cl-].[Zr+3]. The third-order valence-electron chi connectivity index (χ3n) is 2.02. The van der Waals surface area contributed by atoms with Crippen LogP contribution < -0.4 is 24.8 Å². The molecule has 0 amide bonds. The summed E-state index contributed by atoms with van der Waals surface area (Å²) in [5.41, 5.74) is 3.94. The maximum Gasteiger partial charge on any atom is 3.00 e. The molecule has 1 radical (unpaired) electrons. The van der Waals surface area contributed by atoms with E-state index in [4.69, 9.17) is 0 Å². The molecule has 0 saturated carbocycles. The van der Waals surface area contributed by atoms with Crippen LogP contribution in [0.5, 0.6) is 0 Å². The van der Waals surface area contributed by atoms with Gasteiger partial charge in [0.05, 0.1) is 0 Å². The van der Waals surface area contributed by atoms with Crippen molar-refractivity contribution in [1.29, 1.82) is 0 Å². The monoisotopic (exact) mass is 315 g/mol. The van der Waals surface area contributed by atoms with Crippen LogP contribution in [0.25, 0.3) is 11.1 Å². The van der Waals surface area contributed by atoms with Gasteiger partial charge in [0, 0.05) is 0 Å². The number of hydrogen-bond donors (Lipinski definition) is 0. The van der Waals surface area contributed by atoms with E-state index in [1.807, 2.05) is 6.07 Å². The van der Waals surface area contributed by atoms with Crippen LogP contribution in [-0.2, 0) is 26.2 Å². The third kappa shape index (κ3) is 4.59. The molecular formula is C12H11Cl2Zr. The molecule has 0 atom stereocenters. The van der Waals surface area contributed by atoms with E-state index in [9.17, 15) is 0 Å². The summed E-state index contributed by atoms with van der Waals surface area (Å²) in [5, 5.41) is 0. The van der Waals surface area contributed by atoms with Crippen LogP contribution in [-0.4, -0.2) is 0 Å². The Morgan fingerprint density at radius 3 is 2.07 bits per heavy atom. The molecule has 0 nitrogen and oxygen atoms in total. The molecule has 77 valence electrons. The van der Waals surface area contributed by atoms with Gasteiger partial charge in [0.15, 0.2) is 0 Å². The van der Waals surface area contributed by atoms with E-state index < -0.39 is 0 Å². The fourth-order valence-corrected chi connectivity index (χ4v) is 1.37. The Hall–Kier alpha value is 0.0331. The zero-order valence-electron chi connectivity index (χ0n) is 8.37. The molecule has 0 N–H and O–H groups in total. The molecule has 2 aromatic carbocycles. The van der Waals surface area contributed by atoms with Crippen LogP contribution in [0.4, 0.5) is 0 Å². The molecule has 0 spiro atoms. The molecule has 0 aliphatic rings. The Kier molecular flexibility index (Phi) is 9.55. The Balaban J connectivity index is 0. The molecular weight excluding hydrogens is 306 g/mol. The summed E-state index contributed by atoms with van der Waals surface area (Å²) in [6, 6.07) is 16.9. The van der Waals surface area contributed by atoms with Crippen molar-refractivity contribution in [2.24, 2.45) is 0 Å². The van der Waals surface area contributed by atoms with E-state index in [0.717, 1.165) is 0 Å². The number of aryl methyl sites for hydroxylation is 1. The number of hydrogen-bond acceptors (Lipinski definition) is 0. The van der Waals surface area contributed by atoms with Gasteiger partial charge in [0.1, 0.15) is 0 Å². The normalized spacial score (nSPS) is 8.07. The summed E-state index contributed by atoms with van der Waals surface area (Å²) in [4.78, 5) is 0. The number of rotatable bonds is 1. The van der Waals surface area contributed by atoms with E-state index in [0.29, 0.717) is 0 Å². The minimum atomic E-state index is 0. The van der Waals surface area contributed by atoms with Crippen LogP contribution in [0.2, 0.25) is 0 Å². The first-order valence-electron chi connectivity index (χ1n) is 4.15. The fourth-order valence-electron chi connectivity index (χ4n) is 1.37. The third-order valence-corrected chi connectivity index (χ3v) is 2.02. The Labute approximate surface area is 122 Å². The molecule has 0 saturated heterocycles.